The summed E-state index contributed by atoms with van der Waals surface area (Å²) in [6, 6.07) is 15.9. The molecule has 0 unspecified atom stereocenters. The Bertz CT molecular complexity index is 1190. The smallest absolute Gasteiger partial charge is 0.292 e. The minimum atomic E-state index is -0.697. The molecule has 1 amide bonds. The van der Waals surface area contributed by atoms with Gasteiger partial charge in [-0.1, -0.05) is 12.1 Å². The summed E-state index contributed by atoms with van der Waals surface area (Å²) in [6.07, 6.45) is 1.25. The van der Waals surface area contributed by atoms with Crippen LogP contribution in [0.3, 0.4) is 0 Å². The van der Waals surface area contributed by atoms with Gasteiger partial charge < -0.3 is 14.6 Å². The first-order chi connectivity index (χ1) is 14.9. The first-order valence-corrected chi connectivity index (χ1v) is 9.20. The predicted octanol–water partition coefficient (Wildman–Crippen LogP) is 3.62. The van der Waals surface area contributed by atoms with Crippen molar-refractivity contribution < 1.29 is 19.2 Å². The van der Waals surface area contributed by atoms with Crippen LogP contribution in [0, 0.1) is 21.4 Å². The quantitative estimate of drug-likeness (QED) is 0.258. The third kappa shape index (κ3) is 5.01. The van der Waals surface area contributed by atoms with Crippen LogP contribution >= 0.6 is 0 Å². The maximum absolute atomic E-state index is 12.4. The lowest BCUT2D eigenvalue weighted by Crippen LogP contribution is -2.17. The van der Waals surface area contributed by atoms with Crippen molar-refractivity contribution in [3.8, 4) is 11.8 Å². The average molecular weight is 418 g/mol. The Morgan fingerprint density at radius 2 is 2.00 bits per heavy atom. The van der Waals surface area contributed by atoms with E-state index in [-0.39, 0.29) is 16.9 Å². The fourth-order valence-corrected chi connectivity index (χ4v) is 3.07. The molecule has 0 saturated carbocycles. The molecule has 9 nitrogen and oxygen atoms in total. The van der Waals surface area contributed by atoms with Gasteiger partial charge in [-0.15, -0.1) is 0 Å². The van der Waals surface area contributed by atoms with Crippen LogP contribution in [0.5, 0.6) is 0 Å². The van der Waals surface area contributed by atoms with Gasteiger partial charge in [-0.25, -0.2) is 0 Å². The Balaban J connectivity index is 1.84. The molecule has 0 fully saturated rings. The van der Waals surface area contributed by atoms with Gasteiger partial charge in [0.1, 0.15) is 5.69 Å². The van der Waals surface area contributed by atoms with Crippen LogP contribution in [0.1, 0.15) is 28.0 Å². The Morgan fingerprint density at radius 3 is 2.71 bits per heavy atom. The standard InChI is InChI=1S/C22H18N4O5/c1-31-14-18-6-3-9-25(18)17-7-8-20(26(29)30)19(11-17)24-22(28)12-21(27)16-5-2-4-15(10-16)13-23/h2-11H,12,14H2,1H3,(H,24,28). The van der Waals surface area contributed by atoms with Crippen LogP contribution < -0.4 is 5.32 Å². The van der Waals surface area contributed by atoms with Crippen LogP contribution in [0.2, 0.25) is 0 Å². The maximum atomic E-state index is 12.4. The number of carbonyl (C=O) groups is 2. The van der Waals surface area contributed by atoms with Crippen molar-refractivity contribution in [1.82, 2.24) is 4.57 Å². The number of carbonyl (C=O) groups excluding carboxylic acids is 2. The number of nitrogens with zero attached hydrogens (tertiary/aromatic N) is 3. The highest BCUT2D eigenvalue weighted by Gasteiger charge is 2.20. The van der Waals surface area contributed by atoms with E-state index in [0.29, 0.717) is 17.9 Å². The molecule has 0 saturated heterocycles. The SMILES string of the molecule is COCc1cccn1-c1ccc([N+](=O)[O-])c(NC(=O)CC(=O)c2cccc(C#N)c2)c1. The van der Waals surface area contributed by atoms with Gasteiger partial charge in [0.05, 0.1) is 29.6 Å². The van der Waals surface area contributed by atoms with Crippen LogP contribution in [0.25, 0.3) is 5.69 Å². The molecule has 1 aromatic heterocycles. The predicted molar refractivity (Wildman–Crippen MR) is 112 cm³/mol. The van der Waals surface area contributed by atoms with Crippen LogP contribution in [-0.2, 0) is 16.1 Å². The summed E-state index contributed by atoms with van der Waals surface area (Å²) in [5.41, 5.74) is 1.61. The van der Waals surface area contributed by atoms with E-state index in [9.17, 15) is 19.7 Å². The summed E-state index contributed by atoms with van der Waals surface area (Å²) in [4.78, 5) is 35.6. The number of methoxy groups -OCH3 is 1. The van der Waals surface area contributed by atoms with E-state index >= 15 is 0 Å². The number of ether oxygens (including phenoxy) is 1. The minimum Gasteiger partial charge on any atom is -0.378 e. The van der Waals surface area contributed by atoms with E-state index in [4.69, 9.17) is 10.00 Å². The lowest BCUT2D eigenvalue weighted by molar-refractivity contribution is -0.383. The third-order valence-electron chi connectivity index (χ3n) is 4.49. The Labute approximate surface area is 177 Å². The number of hydrogen-bond donors (Lipinski definition) is 1. The van der Waals surface area contributed by atoms with Gasteiger partial charge in [-0.2, -0.15) is 5.26 Å². The molecule has 3 aromatic rings. The number of rotatable bonds is 8. The number of nitro groups is 1. The molecular formula is C22H18N4O5. The zero-order valence-corrected chi connectivity index (χ0v) is 16.6. The molecule has 0 atom stereocenters. The fraction of sp³-hybridized carbons (Fsp3) is 0.136. The number of amides is 1. The van der Waals surface area contributed by atoms with E-state index in [2.05, 4.69) is 5.32 Å². The van der Waals surface area contributed by atoms with E-state index in [1.807, 2.05) is 18.2 Å². The van der Waals surface area contributed by atoms with E-state index in [1.54, 1.807) is 36.1 Å². The minimum absolute atomic E-state index is 0.0249. The van der Waals surface area contributed by atoms with Crippen molar-refractivity contribution in [2.45, 2.75) is 13.0 Å². The first kappa shape index (κ1) is 21.4. The van der Waals surface area contributed by atoms with Crippen molar-refractivity contribution in [1.29, 1.82) is 5.26 Å². The molecule has 0 radical (unpaired) electrons. The number of hydrogen-bond acceptors (Lipinski definition) is 6. The number of Topliss-reactive ketones (excluding diaryl/α,β-unsaturated/α-hetero) is 1. The molecule has 2 aromatic carbocycles. The Hall–Kier alpha value is -4.29. The van der Waals surface area contributed by atoms with Crippen molar-refractivity contribution in [3.05, 3.63) is 87.7 Å². The van der Waals surface area contributed by atoms with Gasteiger partial charge in [0.25, 0.3) is 5.69 Å². The van der Waals surface area contributed by atoms with Gasteiger partial charge in [0.2, 0.25) is 5.91 Å². The Morgan fingerprint density at radius 1 is 1.19 bits per heavy atom. The molecule has 31 heavy (non-hydrogen) atoms. The number of aromatic nitrogens is 1. The van der Waals surface area contributed by atoms with Crippen LogP contribution in [-0.4, -0.2) is 28.3 Å². The summed E-state index contributed by atoms with van der Waals surface area (Å²) < 4.78 is 6.93. The molecule has 1 N–H and O–H groups in total. The molecule has 0 aliphatic rings. The van der Waals surface area contributed by atoms with Gasteiger partial charge in [0, 0.05) is 36.3 Å². The zero-order chi connectivity index (χ0) is 22.4. The van der Waals surface area contributed by atoms with Gasteiger partial charge >= 0.3 is 0 Å². The summed E-state index contributed by atoms with van der Waals surface area (Å²) in [6.45, 7) is 0.335. The fourth-order valence-electron chi connectivity index (χ4n) is 3.07. The lowest BCUT2D eigenvalue weighted by Gasteiger charge is -2.12. The number of benzene rings is 2. The van der Waals surface area contributed by atoms with E-state index in [0.717, 1.165) is 5.69 Å². The molecule has 0 aliphatic heterocycles. The number of nitriles is 1. The summed E-state index contributed by atoms with van der Waals surface area (Å²) >= 11 is 0. The maximum Gasteiger partial charge on any atom is 0.292 e. The monoisotopic (exact) mass is 418 g/mol. The van der Waals surface area contributed by atoms with Gasteiger partial charge in [-0.3, -0.25) is 19.7 Å². The van der Waals surface area contributed by atoms with Gasteiger partial charge in [-0.05, 0) is 36.4 Å². The summed E-state index contributed by atoms with van der Waals surface area (Å²) in [5, 5.41) is 22.8. The largest absolute Gasteiger partial charge is 0.378 e. The topological polar surface area (TPSA) is 127 Å². The lowest BCUT2D eigenvalue weighted by atomic mass is 10.1. The van der Waals surface area contributed by atoms with E-state index < -0.39 is 23.0 Å². The zero-order valence-electron chi connectivity index (χ0n) is 16.6. The number of nitro benzene ring substituents is 1. The van der Waals surface area contributed by atoms with Crippen molar-refractivity contribution >= 4 is 23.1 Å². The number of nitrogens with one attached hydrogen (secondary N) is 1. The van der Waals surface area contributed by atoms with E-state index in [1.165, 1.54) is 24.3 Å². The molecule has 0 aliphatic carbocycles. The highest BCUT2D eigenvalue weighted by Crippen LogP contribution is 2.28. The molecule has 1 heterocycles. The highest BCUT2D eigenvalue weighted by molar-refractivity contribution is 6.11. The molecule has 3 rings (SSSR count). The average Bonchev–Trinajstić information content (AvgIpc) is 3.22. The second kappa shape index (κ2) is 9.47. The second-order valence-corrected chi connectivity index (χ2v) is 6.60. The molecular weight excluding hydrogens is 400 g/mol. The summed E-state index contributed by atoms with van der Waals surface area (Å²) in [5.74, 6) is -1.20. The molecule has 9 heteroatoms. The number of ketones is 1. The van der Waals surface area contributed by atoms with Crippen molar-refractivity contribution in [2.24, 2.45) is 0 Å². The highest BCUT2D eigenvalue weighted by atomic mass is 16.6. The Kier molecular flexibility index (Phi) is 6.54. The second-order valence-electron chi connectivity index (χ2n) is 6.60. The van der Waals surface area contributed by atoms with Crippen molar-refractivity contribution in [2.75, 3.05) is 12.4 Å². The van der Waals surface area contributed by atoms with Crippen molar-refractivity contribution in [3.63, 3.8) is 0 Å². The summed E-state index contributed by atoms with van der Waals surface area (Å²) in [7, 11) is 1.56. The number of anilines is 1. The molecule has 0 bridgehead atoms. The van der Waals surface area contributed by atoms with Gasteiger partial charge in [0.15, 0.2) is 5.78 Å². The first-order valence-electron chi connectivity index (χ1n) is 9.20. The molecule has 0 spiro atoms. The normalized spacial score (nSPS) is 10.3. The van der Waals surface area contributed by atoms with Crippen LogP contribution in [0.15, 0.2) is 60.8 Å². The molecule has 156 valence electrons. The third-order valence-corrected chi connectivity index (χ3v) is 4.49. The van der Waals surface area contributed by atoms with Crippen LogP contribution in [0.4, 0.5) is 11.4 Å².